The van der Waals surface area contributed by atoms with Crippen molar-refractivity contribution in [1.82, 2.24) is 9.78 Å². The normalized spacial score (nSPS) is 19.3. The third-order valence-electron chi connectivity index (χ3n) is 3.96. The van der Waals surface area contributed by atoms with E-state index in [9.17, 15) is 22.8 Å². The fourth-order valence-corrected chi connectivity index (χ4v) is 2.50. The number of ether oxygens (including phenoxy) is 2. The van der Waals surface area contributed by atoms with Crippen LogP contribution in [0.5, 0.6) is 0 Å². The fraction of sp³-hybridized carbons (Fsp3) is 0.353. The molecule has 0 radical (unpaired) electrons. The molecule has 1 aromatic carbocycles. The minimum atomic E-state index is -4.56. The third-order valence-corrected chi connectivity index (χ3v) is 3.96. The Morgan fingerprint density at radius 1 is 1.35 bits per heavy atom. The number of halogens is 3. The molecule has 1 aliphatic rings. The van der Waals surface area contributed by atoms with Gasteiger partial charge in [0.15, 0.2) is 5.69 Å². The Kier molecular flexibility index (Phi) is 4.25. The van der Waals surface area contributed by atoms with E-state index in [1.165, 1.54) is 24.3 Å². The SMILES string of the molecule is CC1(C)COC(=O)[C@H]1OC(=O)c1cccc(-n2ccc(C(F)(F)F)n2)c1. The van der Waals surface area contributed by atoms with Gasteiger partial charge in [0.1, 0.15) is 6.61 Å². The minimum absolute atomic E-state index is 0.0852. The van der Waals surface area contributed by atoms with Gasteiger partial charge in [-0.05, 0) is 24.3 Å². The second-order valence-electron chi connectivity index (χ2n) is 6.58. The summed E-state index contributed by atoms with van der Waals surface area (Å²) in [6, 6.07) is 6.59. The first-order valence-electron chi connectivity index (χ1n) is 7.69. The van der Waals surface area contributed by atoms with Crippen molar-refractivity contribution in [2.75, 3.05) is 6.61 Å². The lowest BCUT2D eigenvalue weighted by Gasteiger charge is -2.21. The van der Waals surface area contributed by atoms with E-state index in [1.54, 1.807) is 13.8 Å². The number of benzene rings is 1. The van der Waals surface area contributed by atoms with Crippen LogP contribution in [0.3, 0.4) is 0 Å². The van der Waals surface area contributed by atoms with E-state index >= 15 is 0 Å². The van der Waals surface area contributed by atoms with Gasteiger partial charge in [-0.15, -0.1) is 0 Å². The van der Waals surface area contributed by atoms with E-state index in [2.05, 4.69) is 5.10 Å². The van der Waals surface area contributed by atoms with Crippen LogP contribution in [0.15, 0.2) is 36.5 Å². The summed E-state index contributed by atoms with van der Waals surface area (Å²) in [4.78, 5) is 24.1. The number of esters is 2. The molecule has 26 heavy (non-hydrogen) atoms. The van der Waals surface area contributed by atoms with Crippen LogP contribution in [-0.2, 0) is 20.4 Å². The molecule has 0 N–H and O–H groups in total. The van der Waals surface area contributed by atoms with Gasteiger partial charge in [-0.1, -0.05) is 19.9 Å². The van der Waals surface area contributed by atoms with Crippen molar-refractivity contribution in [3.05, 3.63) is 47.8 Å². The van der Waals surface area contributed by atoms with Crippen LogP contribution in [0.4, 0.5) is 13.2 Å². The monoisotopic (exact) mass is 368 g/mol. The predicted octanol–water partition coefficient (Wildman–Crippen LogP) is 3.00. The van der Waals surface area contributed by atoms with Gasteiger partial charge in [-0.2, -0.15) is 18.3 Å². The number of alkyl halides is 3. The second kappa shape index (κ2) is 6.15. The summed E-state index contributed by atoms with van der Waals surface area (Å²) in [7, 11) is 0. The lowest BCUT2D eigenvalue weighted by molar-refractivity contribution is -0.145. The highest BCUT2D eigenvalue weighted by atomic mass is 19.4. The third kappa shape index (κ3) is 3.42. The topological polar surface area (TPSA) is 70.4 Å². The Labute approximate surface area is 146 Å². The molecule has 6 nitrogen and oxygen atoms in total. The van der Waals surface area contributed by atoms with Crippen molar-refractivity contribution in [2.24, 2.45) is 5.41 Å². The summed E-state index contributed by atoms with van der Waals surface area (Å²) >= 11 is 0. The van der Waals surface area contributed by atoms with E-state index in [0.717, 1.165) is 16.9 Å². The highest BCUT2D eigenvalue weighted by Gasteiger charge is 2.46. The number of carbonyl (C=O) groups is 2. The maximum Gasteiger partial charge on any atom is 0.435 e. The molecule has 9 heteroatoms. The van der Waals surface area contributed by atoms with Gasteiger partial charge in [-0.3, -0.25) is 0 Å². The second-order valence-corrected chi connectivity index (χ2v) is 6.58. The largest absolute Gasteiger partial charge is 0.462 e. The van der Waals surface area contributed by atoms with Crippen LogP contribution >= 0.6 is 0 Å². The maximum atomic E-state index is 12.7. The Morgan fingerprint density at radius 2 is 2.08 bits per heavy atom. The van der Waals surface area contributed by atoms with Gasteiger partial charge >= 0.3 is 18.1 Å². The molecule has 3 rings (SSSR count). The van der Waals surface area contributed by atoms with Crippen LogP contribution in [0.25, 0.3) is 5.69 Å². The zero-order valence-electron chi connectivity index (χ0n) is 13.9. The van der Waals surface area contributed by atoms with Crippen LogP contribution in [0.2, 0.25) is 0 Å². The standard InChI is InChI=1S/C17H15F3N2O4/c1-16(2)9-25-15(24)13(16)26-14(23)10-4-3-5-11(8-10)22-7-6-12(21-22)17(18,19)20/h3-8,13H,9H2,1-2H3/t13-/m1/s1. The molecule has 0 aliphatic carbocycles. The average Bonchev–Trinajstić information content (AvgIpc) is 3.16. The van der Waals surface area contributed by atoms with Crippen molar-refractivity contribution >= 4 is 11.9 Å². The number of cyclic esters (lactones) is 1. The van der Waals surface area contributed by atoms with Crippen LogP contribution in [0.1, 0.15) is 29.9 Å². The Morgan fingerprint density at radius 3 is 2.65 bits per heavy atom. The number of carbonyl (C=O) groups excluding carboxylic acids is 2. The molecule has 0 spiro atoms. The van der Waals surface area contributed by atoms with Gasteiger partial charge < -0.3 is 9.47 Å². The first kappa shape index (κ1) is 18.0. The summed E-state index contributed by atoms with van der Waals surface area (Å²) in [5.74, 6) is -1.40. The summed E-state index contributed by atoms with van der Waals surface area (Å²) < 4.78 is 49.2. The molecule has 1 saturated heterocycles. The van der Waals surface area contributed by atoms with Gasteiger partial charge in [-0.25, -0.2) is 14.3 Å². The van der Waals surface area contributed by atoms with Gasteiger partial charge in [0.05, 0.1) is 11.3 Å². The smallest absolute Gasteiger partial charge is 0.435 e. The molecular formula is C17H15F3N2O4. The van der Waals surface area contributed by atoms with Crippen molar-refractivity contribution in [1.29, 1.82) is 0 Å². The maximum absolute atomic E-state index is 12.7. The molecule has 0 bridgehead atoms. The van der Waals surface area contributed by atoms with E-state index in [4.69, 9.17) is 9.47 Å². The molecular weight excluding hydrogens is 353 g/mol. The Hall–Kier alpha value is -2.84. The highest BCUT2D eigenvalue weighted by Crippen LogP contribution is 2.32. The van der Waals surface area contributed by atoms with Crippen molar-refractivity contribution in [3.8, 4) is 5.69 Å². The lowest BCUT2D eigenvalue weighted by Crippen LogP contribution is -2.34. The molecule has 1 aromatic heterocycles. The molecule has 2 heterocycles. The first-order valence-corrected chi connectivity index (χ1v) is 7.69. The summed E-state index contributed by atoms with van der Waals surface area (Å²) in [6.07, 6.45) is -4.46. The zero-order valence-corrected chi connectivity index (χ0v) is 13.9. The molecule has 0 amide bonds. The molecule has 0 saturated carbocycles. The first-order chi connectivity index (χ1) is 12.1. The lowest BCUT2D eigenvalue weighted by atomic mass is 9.90. The fourth-order valence-electron chi connectivity index (χ4n) is 2.50. The van der Waals surface area contributed by atoms with E-state index in [1.807, 2.05) is 0 Å². The number of nitrogens with zero attached hydrogens (tertiary/aromatic N) is 2. The van der Waals surface area contributed by atoms with Crippen molar-refractivity contribution in [3.63, 3.8) is 0 Å². The molecule has 1 fully saturated rings. The van der Waals surface area contributed by atoms with Gasteiger partial charge in [0, 0.05) is 11.6 Å². The molecule has 1 atom stereocenters. The van der Waals surface area contributed by atoms with Crippen LogP contribution in [-0.4, -0.2) is 34.4 Å². The van der Waals surface area contributed by atoms with Crippen LogP contribution in [0, 0.1) is 5.41 Å². The number of hydrogen-bond acceptors (Lipinski definition) is 5. The van der Waals surface area contributed by atoms with E-state index in [0.29, 0.717) is 0 Å². The summed E-state index contributed by atoms with van der Waals surface area (Å²) in [5.41, 5.74) is -1.36. The number of aromatic nitrogens is 2. The Bertz CT molecular complexity index is 858. The predicted molar refractivity (Wildman–Crippen MR) is 82.5 cm³/mol. The quantitative estimate of drug-likeness (QED) is 0.779. The van der Waals surface area contributed by atoms with Gasteiger partial charge in [0.2, 0.25) is 6.10 Å². The van der Waals surface area contributed by atoms with E-state index < -0.39 is 35.3 Å². The van der Waals surface area contributed by atoms with Gasteiger partial charge in [0.25, 0.3) is 0 Å². The van der Waals surface area contributed by atoms with E-state index in [-0.39, 0.29) is 17.9 Å². The van der Waals surface area contributed by atoms with Crippen molar-refractivity contribution < 1.29 is 32.2 Å². The number of rotatable bonds is 3. The summed E-state index contributed by atoms with van der Waals surface area (Å²) in [6.45, 7) is 3.60. The number of hydrogen-bond donors (Lipinski definition) is 0. The average molecular weight is 368 g/mol. The molecule has 138 valence electrons. The van der Waals surface area contributed by atoms with Crippen molar-refractivity contribution in [2.45, 2.75) is 26.1 Å². The Balaban J connectivity index is 1.82. The zero-order chi connectivity index (χ0) is 19.1. The summed E-state index contributed by atoms with van der Waals surface area (Å²) in [5, 5.41) is 3.46. The minimum Gasteiger partial charge on any atom is -0.462 e. The molecule has 0 unspecified atom stereocenters. The highest BCUT2D eigenvalue weighted by molar-refractivity contribution is 5.92. The molecule has 1 aliphatic heterocycles. The molecule has 2 aromatic rings. The van der Waals surface area contributed by atoms with Crippen LogP contribution < -0.4 is 0 Å².